The third kappa shape index (κ3) is 4.84. The van der Waals surface area contributed by atoms with Gasteiger partial charge < -0.3 is 20.1 Å². The van der Waals surface area contributed by atoms with Crippen molar-refractivity contribution in [2.24, 2.45) is 0 Å². The Morgan fingerprint density at radius 3 is 2.35 bits per heavy atom. The molecule has 0 aliphatic rings. The van der Waals surface area contributed by atoms with E-state index in [1.165, 1.54) is 25.3 Å². The van der Waals surface area contributed by atoms with Gasteiger partial charge >= 0.3 is 12.6 Å². The summed E-state index contributed by atoms with van der Waals surface area (Å²) in [5.74, 6) is -0.00852. The zero-order valence-corrected chi connectivity index (χ0v) is 12.6. The second-order valence-electron chi connectivity index (χ2n) is 4.69. The number of aryl methyl sites for hydroxylation is 1. The summed E-state index contributed by atoms with van der Waals surface area (Å²) in [5.41, 5.74) is 1.92. The maximum Gasteiger partial charge on any atom is 0.387 e. The molecule has 0 bridgehead atoms. The first kappa shape index (κ1) is 16.5. The molecule has 0 saturated heterocycles. The number of benzene rings is 2. The molecule has 0 atom stereocenters. The zero-order valence-electron chi connectivity index (χ0n) is 12.6. The summed E-state index contributed by atoms with van der Waals surface area (Å²) in [6.45, 7) is -1.08. The maximum atomic E-state index is 12.4. The number of carbonyl (C=O) groups excluding carboxylic acids is 1. The standard InChI is InChI=1S/C16H16F2N2O3/c1-10-4-3-5-11(8-10)19-16(21)20-12-6-7-13(22-2)14(9-12)23-15(17)18/h3-9,15H,1-2H3,(H2,19,20,21). The highest BCUT2D eigenvalue weighted by molar-refractivity contribution is 5.99. The summed E-state index contributed by atoms with van der Waals surface area (Å²) in [7, 11) is 1.34. The fourth-order valence-corrected chi connectivity index (χ4v) is 1.96. The van der Waals surface area contributed by atoms with Crippen LogP contribution >= 0.6 is 0 Å². The smallest absolute Gasteiger partial charge is 0.387 e. The van der Waals surface area contributed by atoms with Crippen LogP contribution in [0.4, 0.5) is 25.0 Å². The summed E-state index contributed by atoms with van der Waals surface area (Å²) in [6.07, 6.45) is 0. The van der Waals surface area contributed by atoms with Crippen LogP contribution < -0.4 is 20.1 Å². The Labute approximate surface area is 132 Å². The summed E-state index contributed by atoms with van der Waals surface area (Å²) >= 11 is 0. The molecule has 0 heterocycles. The van der Waals surface area contributed by atoms with E-state index in [9.17, 15) is 13.6 Å². The van der Waals surface area contributed by atoms with E-state index in [2.05, 4.69) is 15.4 Å². The lowest BCUT2D eigenvalue weighted by molar-refractivity contribution is -0.0511. The van der Waals surface area contributed by atoms with Gasteiger partial charge in [0.2, 0.25) is 0 Å². The van der Waals surface area contributed by atoms with Crippen LogP contribution in [0.5, 0.6) is 11.5 Å². The molecule has 0 aromatic heterocycles. The van der Waals surface area contributed by atoms with E-state index in [0.717, 1.165) is 5.56 Å². The summed E-state index contributed by atoms with van der Waals surface area (Å²) in [5, 5.41) is 5.19. The highest BCUT2D eigenvalue weighted by Gasteiger charge is 2.12. The first-order valence-corrected chi connectivity index (χ1v) is 6.75. The van der Waals surface area contributed by atoms with Gasteiger partial charge in [0.05, 0.1) is 7.11 Å². The molecule has 0 aliphatic carbocycles. The van der Waals surface area contributed by atoms with Crippen LogP contribution in [-0.4, -0.2) is 19.8 Å². The van der Waals surface area contributed by atoms with Crippen LogP contribution in [0.25, 0.3) is 0 Å². The molecule has 5 nitrogen and oxygen atoms in total. The molecule has 2 N–H and O–H groups in total. The molecule has 7 heteroatoms. The topological polar surface area (TPSA) is 59.6 Å². The first-order chi connectivity index (χ1) is 11.0. The number of halogens is 2. The highest BCUT2D eigenvalue weighted by Crippen LogP contribution is 2.31. The molecule has 2 amide bonds. The number of anilines is 2. The van der Waals surface area contributed by atoms with E-state index in [-0.39, 0.29) is 11.5 Å². The lowest BCUT2D eigenvalue weighted by Crippen LogP contribution is -2.19. The molecular weight excluding hydrogens is 306 g/mol. The van der Waals surface area contributed by atoms with E-state index in [0.29, 0.717) is 11.4 Å². The number of hydrogen-bond donors (Lipinski definition) is 2. The lowest BCUT2D eigenvalue weighted by Gasteiger charge is -2.12. The SMILES string of the molecule is COc1ccc(NC(=O)Nc2cccc(C)c2)cc1OC(F)F. The third-order valence-electron chi connectivity index (χ3n) is 2.91. The minimum atomic E-state index is -2.99. The molecule has 2 rings (SSSR count). The molecule has 0 spiro atoms. The number of amides is 2. The van der Waals surface area contributed by atoms with Crippen molar-refractivity contribution in [2.75, 3.05) is 17.7 Å². The second-order valence-corrected chi connectivity index (χ2v) is 4.69. The first-order valence-electron chi connectivity index (χ1n) is 6.75. The van der Waals surface area contributed by atoms with E-state index in [4.69, 9.17) is 4.74 Å². The van der Waals surface area contributed by atoms with Crippen molar-refractivity contribution in [1.82, 2.24) is 0 Å². The predicted octanol–water partition coefficient (Wildman–Crippen LogP) is 4.25. The number of hydrogen-bond acceptors (Lipinski definition) is 3. The average Bonchev–Trinajstić information content (AvgIpc) is 2.46. The Hall–Kier alpha value is -2.83. The molecule has 2 aromatic rings. The normalized spacial score (nSPS) is 10.3. The van der Waals surface area contributed by atoms with Gasteiger partial charge in [0.25, 0.3) is 0 Å². The number of methoxy groups -OCH3 is 1. The predicted molar refractivity (Wildman–Crippen MR) is 83.4 cm³/mol. The quantitative estimate of drug-likeness (QED) is 0.865. The number of rotatable bonds is 5. The molecule has 0 fully saturated rings. The van der Waals surface area contributed by atoms with Crippen LogP contribution in [0.3, 0.4) is 0 Å². The van der Waals surface area contributed by atoms with Crippen molar-refractivity contribution in [1.29, 1.82) is 0 Å². The fourth-order valence-electron chi connectivity index (χ4n) is 1.96. The Kier molecular flexibility index (Phi) is 5.35. The summed E-state index contributed by atoms with van der Waals surface area (Å²) in [6, 6.07) is 11.0. The van der Waals surface area contributed by atoms with Crippen molar-refractivity contribution < 1.29 is 23.0 Å². The number of nitrogens with one attached hydrogen (secondary N) is 2. The van der Waals surface area contributed by atoms with Gasteiger partial charge in [0.1, 0.15) is 0 Å². The minimum absolute atomic E-state index is 0.148. The third-order valence-corrected chi connectivity index (χ3v) is 2.91. The van der Waals surface area contributed by atoms with E-state index in [1.54, 1.807) is 12.1 Å². The monoisotopic (exact) mass is 322 g/mol. The molecule has 0 saturated carbocycles. The summed E-state index contributed by atoms with van der Waals surface area (Å²) in [4.78, 5) is 11.9. The van der Waals surface area contributed by atoms with Crippen molar-refractivity contribution in [3.05, 3.63) is 48.0 Å². The van der Waals surface area contributed by atoms with Crippen LogP contribution in [-0.2, 0) is 0 Å². The van der Waals surface area contributed by atoms with Crippen LogP contribution in [0.2, 0.25) is 0 Å². The zero-order chi connectivity index (χ0) is 16.8. The highest BCUT2D eigenvalue weighted by atomic mass is 19.3. The molecule has 23 heavy (non-hydrogen) atoms. The van der Waals surface area contributed by atoms with Crippen molar-refractivity contribution >= 4 is 17.4 Å². The molecule has 0 unspecified atom stereocenters. The number of urea groups is 1. The molecular formula is C16H16F2N2O3. The number of carbonyl (C=O) groups is 1. The van der Waals surface area contributed by atoms with Crippen molar-refractivity contribution in [3.63, 3.8) is 0 Å². The van der Waals surface area contributed by atoms with E-state index in [1.807, 2.05) is 19.1 Å². The number of alkyl halides is 2. The molecule has 0 aliphatic heterocycles. The van der Waals surface area contributed by atoms with Crippen LogP contribution in [0.15, 0.2) is 42.5 Å². The molecule has 122 valence electrons. The largest absolute Gasteiger partial charge is 0.493 e. The van der Waals surface area contributed by atoms with Gasteiger partial charge in [-0.15, -0.1) is 0 Å². The van der Waals surface area contributed by atoms with E-state index < -0.39 is 12.6 Å². The Balaban J connectivity index is 2.08. The van der Waals surface area contributed by atoms with Crippen LogP contribution in [0, 0.1) is 6.92 Å². The Morgan fingerprint density at radius 2 is 1.74 bits per heavy atom. The summed E-state index contributed by atoms with van der Waals surface area (Å²) < 4.78 is 34.0. The Morgan fingerprint density at radius 1 is 1.04 bits per heavy atom. The minimum Gasteiger partial charge on any atom is -0.493 e. The van der Waals surface area contributed by atoms with Gasteiger partial charge in [-0.2, -0.15) is 8.78 Å². The van der Waals surface area contributed by atoms with Gasteiger partial charge in [-0.1, -0.05) is 12.1 Å². The second kappa shape index (κ2) is 7.44. The van der Waals surface area contributed by atoms with E-state index >= 15 is 0 Å². The van der Waals surface area contributed by atoms with Crippen molar-refractivity contribution in [3.8, 4) is 11.5 Å². The van der Waals surface area contributed by atoms with Crippen LogP contribution in [0.1, 0.15) is 5.56 Å². The average molecular weight is 322 g/mol. The van der Waals surface area contributed by atoms with Gasteiger partial charge in [-0.3, -0.25) is 0 Å². The van der Waals surface area contributed by atoms with Crippen molar-refractivity contribution in [2.45, 2.75) is 13.5 Å². The molecule has 0 radical (unpaired) electrons. The number of ether oxygens (including phenoxy) is 2. The van der Waals surface area contributed by atoms with Gasteiger partial charge in [0.15, 0.2) is 11.5 Å². The van der Waals surface area contributed by atoms with Gasteiger partial charge in [-0.05, 0) is 36.8 Å². The van der Waals surface area contributed by atoms with Gasteiger partial charge in [-0.25, -0.2) is 4.79 Å². The maximum absolute atomic E-state index is 12.4. The lowest BCUT2D eigenvalue weighted by atomic mass is 10.2. The molecule has 2 aromatic carbocycles. The Bertz CT molecular complexity index is 693. The fraction of sp³-hybridized carbons (Fsp3) is 0.188. The van der Waals surface area contributed by atoms with Gasteiger partial charge in [0, 0.05) is 17.4 Å².